The molecule has 0 radical (unpaired) electrons. The Labute approximate surface area is 195 Å². The highest BCUT2D eigenvalue weighted by Crippen LogP contribution is 2.22. The monoisotopic (exact) mass is 441 g/mol. The Morgan fingerprint density at radius 3 is 1.69 bits per heavy atom. The summed E-state index contributed by atoms with van der Waals surface area (Å²) < 4.78 is 0. The topological polar surface area (TPSA) is 61.4 Å². The Morgan fingerprint density at radius 2 is 1.28 bits per heavy atom. The van der Waals surface area contributed by atoms with Crippen molar-refractivity contribution in [2.75, 3.05) is 32.0 Å². The van der Waals surface area contributed by atoms with Gasteiger partial charge in [-0.2, -0.15) is 0 Å². The molecule has 2 N–H and O–H groups in total. The minimum atomic E-state index is 0.860. The highest BCUT2D eigenvalue weighted by Gasteiger charge is 2.24. The van der Waals surface area contributed by atoms with E-state index in [-0.39, 0.29) is 0 Å². The predicted octanol–water partition coefficient (Wildman–Crippen LogP) is 5.04. The number of anilines is 1. The van der Waals surface area contributed by atoms with Gasteiger partial charge in [0.05, 0.1) is 0 Å². The van der Waals surface area contributed by atoms with E-state index in [2.05, 4.69) is 39.8 Å². The summed E-state index contributed by atoms with van der Waals surface area (Å²) in [6.07, 6.45) is 5.52. The molecule has 1 heterocycles. The molecular weight excluding hydrogens is 398 g/mol. The first-order chi connectivity index (χ1) is 15.8. The molecule has 5 heteroatoms. The van der Waals surface area contributed by atoms with Crippen LogP contribution in [0.4, 0.5) is 5.69 Å². The summed E-state index contributed by atoms with van der Waals surface area (Å²) in [4.78, 5) is 18.6. The number of nitrogens with one attached hydrogen (secondary N) is 2. The Morgan fingerprint density at radius 1 is 0.812 bits per heavy atom. The molecule has 1 aliphatic heterocycles. The zero-order valence-corrected chi connectivity index (χ0v) is 20.3. The first kappa shape index (κ1) is 29.5. The number of benzene rings is 2. The smallest absolute Gasteiger partial charge is 0.106 e. The minimum Gasteiger partial charge on any atom is -0.388 e. The predicted molar refractivity (Wildman–Crippen MR) is 137 cm³/mol. The molecule has 178 valence electrons. The van der Waals surface area contributed by atoms with E-state index in [1.807, 2.05) is 70.9 Å². The standard InChI is InChI=1S/C17H27N3.C6H6.C2H6.2CH2O/c1-18-16-4-2-15(3-5-16)13-20-10-8-14(9-11-20)12-19-17-6-7-17;1-2-4-6-5-3-1;3*1-2/h2-5,14,17-19H,6-13H2,1H3;1-6H;1-2H3;2*1H2. The van der Waals surface area contributed by atoms with Crippen molar-refractivity contribution in [2.24, 2.45) is 5.92 Å². The molecule has 0 atom stereocenters. The van der Waals surface area contributed by atoms with Crippen LogP contribution in [0.25, 0.3) is 0 Å². The van der Waals surface area contributed by atoms with Crippen molar-refractivity contribution in [1.82, 2.24) is 10.2 Å². The highest BCUT2D eigenvalue weighted by atomic mass is 16.1. The van der Waals surface area contributed by atoms with Gasteiger partial charge in [0.2, 0.25) is 0 Å². The van der Waals surface area contributed by atoms with Crippen molar-refractivity contribution in [3.8, 4) is 0 Å². The fourth-order valence-corrected chi connectivity index (χ4v) is 3.39. The summed E-state index contributed by atoms with van der Waals surface area (Å²) >= 11 is 0. The molecule has 32 heavy (non-hydrogen) atoms. The van der Waals surface area contributed by atoms with E-state index in [9.17, 15) is 0 Å². The summed E-state index contributed by atoms with van der Waals surface area (Å²) in [6, 6.07) is 21.7. The molecule has 1 saturated carbocycles. The van der Waals surface area contributed by atoms with Gasteiger partial charge in [0, 0.05) is 25.3 Å². The van der Waals surface area contributed by atoms with Crippen LogP contribution >= 0.6 is 0 Å². The second-order valence-corrected chi connectivity index (χ2v) is 7.50. The van der Waals surface area contributed by atoms with E-state index in [1.54, 1.807) is 0 Å². The van der Waals surface area contributed by atoms with Crippen LogP contribution < -0.4 is 10.6 Å². The van der Waals surface area contributed by atoms with E-state index >= 15 is 0 Å². The molecule has 2 aliphatic rings. The van der Waals surface area contributed by atoms with Gasteiger partial charge in [-0.1, -0.05) is 62.4 Å². The molecule has 0 unspecified atom stereocenters. The summed E-state index contributed by atoms with van der Waals surface area (Å²) in [5.74, 6) is 0.901. The zero-order chi connectivity index (χ0) is 24.0. The Hall–Kier alpha value is -2.50. The Balaban J connectivity index is 0.000000671. The SMILES string of the molecule is C=O.C=O.CC.CNc1ccc(CN2CCC(CNC3CC3)CC2)cc1.c1ccccc1. The van der Waals surface area contributed by atoms with E-state index in [1.165, 1.54) is 56.6 Å². The van der Waals surface area contributed by atoms with Crippen LogP contribution in [-0.2, 0) is 16.1 Å². The molecule has 0 bridgehead atoms. The van der Waals surface area contributed by atoms with Gasteiger partial charge < -0.3 is 20.2 Å². The molecule has 0 amide bonds. The highest BCUT2D eigenvalue weighted by molar-refractivity contribution is 5.43. The molecule has 2 fully saturated rings. The number of carbonyl (C=O) groups is 2. The fraction of sp³-hybridized carbons (Fsp3) is 0.481. The molecule has 2 aromatic carbocycles. The van der Waals surface area contributed by atoms with Crippen molar-refractivity contribution < 1.29 is 9.59 Å². The third-order valence-corrected chi connectivity index (χ3v) is 5.30. The second kappa shape index (κ2) is 20.4. The number of carbonyl (C=O) groups excluding carboxylic acids is 2. The molecule has 1 aliphatic carbocycles. The molecule has 0 spiro atoms. The average Bonchev–Trinajstić information content (AvgIpc) is 3.74. The second-order valence-electron chi connectivity index (χ2n) is 7.50. The van der Waals surface area contributed by atoms with Gasteiger partial charge in [-0.25, -0.2) is 0 Å². The quantitative estimate of drug-likeness (QED) is 0.658. The lowest BCUT2D eigenvalue weighted by Gasteiger charge is -2.32. The van der Waals surface area contributed by atoms with Gasteiger partial charge in [-0.15, -0.1) is 0 Å². The lowest BCUT2D eigenvalue weighted by Crippen LogP contribution is -2.37. The van der Waals surface area contributed by atoms with Gasteiger partial charge in [-0.3, -0.25) is 4.90 Å². The molecule has 5 nitrogen and oxygen atoms in total. The molecule has 1 saturated heterocycles. The lowest BCUT2D eigenvalue weighted by atomic mass is 9.96. The van der Waals surface area contributed by atoms with Crippen LogP contribution in [0.5, 0.6) is 0 Å². The molecule has 0 aromatic heterocycles. The van der Waals surface area contributed by atoms with Crippen LogP contribution in [0.15, 0.2) is 60.7 Å². The Kier molecular flexibility index (Phi) is 18.8. The first-order valence-corrected chi connectivity index (χ1v) is 11.6. The average molecular weight is 442 g/mol. The van der Waals surface area contributed by atoms with Crippen LogP contribution in [0.2, 0.25) is 0 Å². The summed E-state index contributed by atoms with van der Waals surface area (Å²) in [5, 5.41) is 6.85. The fourth-order valence-electron chi connectivity index (χ4n) is 3.39. The van der Waals surface area contributed by atoms with E-state index in [0.717, 1.165) is 18.5 Å². The van der Waals surface area contributed by atoms with Crippen molar-refractivity contribution >= 4 is 19.3 Å². The van der Waals surface area contributed by atoms with Crippen molar-refractivity contribution in [2.45, 2.75) is 52.1 Å². The van der Waals surface area contributed by atoms with Crippen molar-refractivity contribution in [3.63, 3.8) is 0 Å². The maximum Gasteiger partial charge on any atom is 0.106 e. The van der Waals surface area contributed by atoms with E-state index in [0.29, 0.717) is 0 Å². The van der Waals surface area contributed by atoms with Crippen LogP contribution in [0.1, 0.15) is 45.1 Å². The van der Waals surface area contributed by atoms with Gasteiger partial charge in [0.25, 0.3) is 0 Å². The maximum atomic E-state index is 8.00. The van der Waals surface area contributed by atoms with Gasteiger partial charge >= 0.3 is 0 Å². The van der Waals surface area contributed by atoms with Gasteiger partial charge in [0.15, 0.2) is 0 Å². The number of piperidine rings is 1. The molecule has 4 rings (SSSR count). The third-order valence-electron chi connectivity index (χ3n) is 5.30. The molecule has 2 aromatic rings. The number of hydrogen-bond acceptors (Lipinski definition) is 5. The van der Waals surface area contributed by atoms with Crippen LogP contribution in [0.3, 0.4) is 0 Å². The van der Waals surface area contributed by atoms with Gasteiger partial charge in [-0.05, 0) is 68.9 Å². The summed E-state index contributed by atoms with van der Waals surface area (Å²) in [6.45, 7) is 12.9. The molecular formula is C27H43N3O2. The van der Waals surface area contributed by atoms with E-state index < -0.39 is 0 Å². The summed E-state index contributed by atoms with van der Waals surface area (Å²) in [7, 11) is 1.97. The Bertz CT molecular complexity index is 611. The normalized spacial score (nSPS) is 15.1. The first-order valence-electron chi connectivity index (χ1n) is 11.6. The van der Waals surface area contributed by atoms with Crippen LogP contribution in [0, 0.1) is 5.92 Å². The zero-order valence-electron chi connectivity index (χ0n) is 20.3. The maximum absolute atomic E-state index is 8.00. The summed E-state index contributed by atoms with van der Waals surface area (Å²) in [5.41, 5.74) is 2.62. The minimum absolute atomic E-state index is 0.860. The lowest BCUT2D eigenvalue weighted by molar-refractivity contribution is -0.0987. The van der Waals surface area contributed by atoms with E-state index in [4.69, 9.17) is 9.59 Å². The number of rotatable bonds is 6. The third kappa shape index (κ3) is 13.7. The van der Waals surface area contributed by atoms with Crippen molar-refractivity contribution in [1.29, 1.82) is 0 Å². The number of nitrogens with zero attached hydrogens (tertiary/aromatic N) is 1. The van der Waals surface area contributed by atoms with Gasteiger partial charge in [0.1, 0.15) is 13.6 Å². The number of hydrogen-bond donors (Lipinski definition) is 2. The van der Waals surface area contributed by atoms with Crippen LogP contribution in [-0.4, -0.2) is 51.2 Å². The van der Waals surface area contributed by atoms with Crippen molar-refractivity contribution in [3.05, 3.63) is 66.2 Å². The number of likely N-dealkylation sites (tertiary alicyclic amines) is 1. The largest absolute Gasteiger partial charge is 0.388 e.